The summed E-state index contributed by atoms with van der Waals surface area (Å²) < 4.78 is 22.6. The number of benzene rings is 1. The van der Waals surface area contributed by atoms with E-state index in [0.29, 0.717) is 32.6 Å². The van der Waals surface area contributed by atoms with Crippen LogP contribution in [0.1, 0.15) is 6.42 Å². The van der Waals surface area contributed by atoms with Crippen molar-refractivity contribution in [3.63, 3.8) is 0 Å². The van der Waals surface area contributed by atoms with Crippen molar-refractivity contribution >= 4 is 33.4 Å². The molecule has 7 nitrogen and oxygen atoms in total. The molecular formula is C15H24N4O3S2. The molecule has 4 N–H and O–H groups in total. The molecule has 1 amide bonds. The first-order valence-corrected chi connectivity index (χ1v) is 10.7. The van der Waals surface area contributed by atoms with E-state index < -0.39 is 16.1 Å². The molecule has 24 heavy (non-hydrogen) atoms. The predicted molar refractivity (Wildman–Crippen MR) is 97.6 cm³/mol. The molecule has 1 heterocycles. The predicted octanol–water partition coefficient (Wildman–Crippen LogP) is 0.0630. The fourth-order valence-electron chi connectivity index (χ4n) is 2.63. The van der Waals surface area contributed by atoms with Crippen LogP contribution in [0.25, 0.3) is 0 Å². The zero-order valence-corrected chi connectivity index (χ0v) is 15.4. The molecule has 1 fully saturated rings. The fraction of sp³-hybridized carbons (Fsp3) is 0.533. The van der Waals surface area contributed by atoms with Gasteiger partial charge in [-0.15, -0.1) is 0 Å². The van der Waals surface area contributed by atoms with Gasteiger partial charge in [0.15, 0.2) is 0 Å². The third-order valence-electron chi connectivity index (χ3n) is 4.07. The van der Waals surface area contributed by atoms with Crippen LogP contribution in [0.3, 0.4) is 0 Å². The van der Waals surface area contributed by atoms with Gasteiger partial charge in [0.1, 0.15) is 0 Å². The minimum absolute atomic E-state index is 0.00766. The Morgan fingerprint density at radius 3 is 2.29 bits per heavy atom. The van der Waals surface area contributed by atoms with Crippen molar-refractivity contribution in [2.24, 2.45) is 10.9 Å². The Bertz CT molecular complexity index is 656. The van der Waals surface area contributed by atoms with E-state index in [9.17, 15) is 13.2 Å². The summed E-state index contributed by atoms with van der Waals surface area (Å²) in [7, 11) is -3.67. The van der Waals surface area contributed by atoms with Crippen molar-refractivity contribution < 1.29 is 13.2 Å². The summed E-state index contributed by atoms with van der Waals surface area (Å²) in [5, 5.41) is 5.10. The SMILES string of the molecule is CSCC[C@H](N)C(=O)N1CCN(c2ccc(S(N)(=O)=O)cc2)CC1. The molecule has 1 aromatic rings. The quantitative estimate of drug-likeness (QED) is 0.731. The number of nitrogens with zero attached hydrogens (tertiary/aromatic N) is 2. The second-order valence-corrected chi connectivity index (χ2v) is 8.29. The van der Waals surface area contributed by atoms with E-state index in [2.05, 4.69) is 4.90 Å². The maximum absolute atomic E-state index is 12.3. The molecule has 0 radical (unpaired) electrons. The molecule has 0 saturated carbocycles. The highest BCUT2D eigenvalue weighted by Gasteiger charge is 2.25. The third-order valence-corrected chi connectivity index (χ3v) is 5.65. The Kier molecular flexibility index (Phi) is 6.50. The molecule has 1 saturated heterocycles. The number of amides is 1. The number of nitrogens with two attached hydrogens (primary N) is 2. The van der Waals surface area contributed by atoms with E-state index in [1.807, 2.05) is 6.26 Å². The summed E-state index contributed by atoms with van der Waals surface area (Å²) in [5.41, 5.74) is 6.87. The van der Waals surface area contributed by atoms with E-state index in [0.717, 1.165) is 11.4 Å². The second-order valence-electron chi connectivity index (χ2n) is 5.74. The highest BCUT2D eigenvalue weighted by atomic mass is 32.2. The zero-order chi connectivity index (χ0) is 17.7. The van der Waals surface area contributed by atoms with Gasteiger partial charge in [-0.3, -0.25) is 4.79 Å². The summed E-state index contributed by atoms with van der Waals surface area (Å²) in [6.07, 6.45) is 2.69. The topological polar surface area (TPSA) is 110 Å². The minimum Gasteiger partial charge on any atom is -0.368 e. The van der Waals surface area contributed by atoms with Gasteiger partial charge in [0, 0.05) is 31.9 Å². The molecule has 9 heteroatoms. The first-order chi connectivity index (χ1) is 11.3. The first kappa shape index (κ1) is 19.0. The molecule has 0 unspecified atom stereocenters. The Labute approximate surface area is 147 Å². The van der Waals surface area contributed by atoms with Gasteiger partial charge in [-0.05, 0) is 42.7 Å². The maximum atomic E-state index is 12.3. The molecule has 0 aliphatic carbocycles. The van der Waals surface area contributed by atoms with Crippen LogP contribution in [-0.2, 0) is 14.8 Å². The number of carbonyl (C=O) groups excluding carboxylic acids is 1. The standard InChI is InChI=1S/C15H24N4O3S2/c1-23-11-6-14(16)15(20)19-9-7-18(8-10-19)12-2-4-13(5-3-12)24(17,21)22/h2-5,14H,6-11,16H2,1H3,(H2,17,21,22)/t14-/m0/s1. The molecule has 2 rings (SSSR count). The molecule has 1 aliphatic rings. The summed E-state index contributed by atoms with van der Waals surface area (Å²) in [6, 6.07) is 6.04. The van der Waals surface area contributed by atoms with Crippen LogP contribution in [0.15, 0.2) is 29.2 Å². The second kappa shape index (κ2) is 8.19. The highest BCUT2D eigenvalue weighted by molar-refractivity contribution is 7.98. The van der Waals surface area contributed by atoms with E-state index in [1.54, 1.807) is 28.8 Å². The number of hydrogen-bond acceptors (Lipinski definition) is 6. The maximum Gasteiger partial charge on any atom is 0.239 e. The van der Waals surface area contributed by atoms with Gasteiger partial charge in [0.2, 0.25) is 15.9 Å². The Morgan fingerprint density at radius 1 is 1.21 bits per heavy atom. The number of carbonyl (C=O) groups is 1. The van der Waals surface area contributed by atoms with Crippen LogP contribution in [0.5, 0.6) is 0 Å². The Morgan fingerprint density at radius 2 is 1.79 bits per heavy atom. The summed E-state index contributed by atoms with van der Waals surface area (Å²) in [6.45, 7) is 2.61. The van der Waals surface area contributed by atoms with Crippen molar-refractivity contribution in [3.8, 4) is 0 Å². The van der Waals surface area contributed by atoms with Gasteiger partial charge in [-0.25, -0.2) is 13.6 Å². The van der Waals surface area contributed by atoms with Gasteiger partial charge >= 0.3 is 0 Å². The van der Waals surface area contributed by atoms with Gasteiger partial charge in [-0.1, -0.05) is 0 Å². The molecule has 1 aliphatic heterocycles. The van der Waals surface area contributed by atoms with Crippen LogP contribution in [0.2, 0.25) is 0 Å². The van der Waals surface area contributed by atoms with Gasteiger partial charge in [-0.2, -0.15) is 11.8 Å². The smallest absolute Gasteiger partial charge is 0.239 e. The van der Waals surface area contributed by atoms with Crippen molar-refractivity contribution in [2.75, 3.05) is 43.1 Å². The lowest BCUT2D eigenvalue weighted by molar-refractivity contribution is -0.132. The average Bonchev–Trinajstić information content (AvgIpc) is 2.58. The Hall–Kier alpha value is -1.29. The lowest BCUT2D eigenvalue weighted by Gasteiger charge is -2.37. The van der Waals surface area contributed by atoms with Crippen LogP contribution < -0.4 is 15.8 Å². The average molecular weight is 373 g/mol. The van der Waals surface area contributed by atoms with Gasteiger partial charge < -0.3 is 15.5 Å². The van der Waals surface area contributed by atoms with Crippen LogP contribution in [0, 0.1) is 0 Å². The number of thioether (sulfide) groups is 1. The number of rotatable bonds is 6. The van der Waals surface area contributed by atoms with Gasteiger partial charge in [0.05, 0.1) is 10.9 Å². The fourth-order valence-corrected chi connectivity index (χ4v) is 3.64. The number of piperazine rings is 1. The first-order valence-electron chi connectivity index (χ1n) is 7.74. The van der Waals surface area contributed by atoms with Crippen molar-refractivity contribution in [2.45, 2.75) is 17.4 Å². The summed E-state index contributed by atoms with van der Waals surface area (Å²) in [5.74, 6) is 0.886. The zero-order valence-electron chi connectivity index (χ0n) is 13.7. The lowest BCUT2D eigenvalue weighted by atomic mass is 10.2. The normalized spacial score (nSPS) is 17.0. The number of primary sulfonamides is 1. The summed E-state index contributed by atoms with van der Waals surface area (Å²) >= 11 is 1.68. The largest absolute Gasteiger partial charge is 0.368 e. The molecule has 0 spiro atoms. The molecule has 1 aromatic carbocycles. The third kappa shape index (κ3) is 4.85. The van der Waals surface area contributed by atoms with Crippen molar-refractivity contribution in [3.05, 3.63) is 24.3 Å². The highest BCUT2D eigenvalue weighted by Crippen LogP contribution is 2.19. The van der Waals surface area contributed by atoms with Crippen LogP contribution >= 0.6 is 11.8 Å². The number of hydrogen-bond donors (Lipinski definition) is 2. The number of sulfonamides is 1. The van der Waals surface area contributed by atoms with E-state index in [-0.39, 0.29) is 10.8 Å². The molecule has 1 atom stereocenters. The Balaban J connectivity index is 1.91. The molecular weight excluding hydrogens is 348 g/mol. The monoisotopic (exact) mass is 372 g/mol. The van der Waals surface area contributed by atoms with Gasteiger partial charge in [0.25, 0.3) is 0 Å². The molecule has 0 bridgehead atoms. The minimum atomic E-state index is -3.67. The number of anilines is 1. The summed E-state index contributed by atoms with van der Waals surface area (Å²) in [4.78, 5) is 16.3. The molecule has 134 valence electrons. The lowest BCUT2D eigenvalue weighted by Crippen LogP contribution is -2.53. The van der Waals surface area contributed by atoms with Crippen LogP contribution in [-0.4, -0.2) is 63.5 Å². The molecule has 0 aromatic heterocycles. The van der Waals surface area contributed by atoms with Crippen LogP contribution in [0.4, 0.5) is 5.69 Å². The van der Waals surface area contributed by atoms with E-state index >= 15 is 0 Å². The van der Waals surface area contributed by atoms with E-state index in [4.69, 9.17) is 10.9 Å². The van der Waals surface area contributed by atoms with Crippen molar-refractivity contribution in [1.29, 1.82) is 0 Å². The van der Waals surface area contributed by atoms with Crippen molar-refractivity contribution in [1.82, 2.24) is 4.90 Å². The van der Waals surface area contributed by atoms with E-state index in [1.165, 1.54) is 12.1 Å².